The third kappa shape index (κ3) is 6.19. The van der Waals surface area contributed by atoms with Crippen molar-refractivity contribution in [2.75, 3.05) is 0 Å². The van der Waals surface area contributed by atoms with Crippen molar-refractivity contribution in [3.05, 3.63) is 0 Å². The fraction of sp³-hybridized carbons (Fsp3) is 1.00. The lowest BCUT2D eigenvalue weighted by atomic mass is 9.67. The Morgan fingerprint density at radius 1 is 1.00 bits per heavy atom. The molecule has 3 unspecified atom stereocenters. The minimum Gasteiger partial charge on any atom is -0.0887 e. The standard InChI is InChI=1S/C18H35Br/c1-5-6-7-8-9-10-13-18(3,4)16-12-11-15(2)14-17(16)19/h15-17H,5-14H2,1-4H3. The van der Waals surface area contributed by atoms with Gasteiger partial charge in [-0.15, -0.1) is 0 Å². The second-order valence-corrected chi connectivity index (χ2v) is 8.72. The van der Waals surface area contributed by atoms with Gasteiger partial charge in [-0.25, -0.2) is 0 Å². The van der Waals surface area contributed by atoms with Gasteiger partial charge in [0.05, 0.1) is 0 Å². The predicted octanol–water partition coefficient (Wildman–Crippen LogP) is 6.96. The van der Waals surface area contributed by atoms with E-state index < -0.39 is 0 Å². The van der Waals surface area contributed by atoms with Crippen LogP contribution >= 0.6 is 15.9 Å². The highest BCUT2D eigenvalue weighted by molar-refractivity contribution is 9.09. The number of halogens is 1. The van der Waals surface area contributed by atoms with Crippen LogP contribution in [-0.2, 0) is 0 Å². The maximum Gasteiger partial charge on any atom is 0.0181 e. The second-order valence-electron chi connectivity index (χ2n) is 7.55. The zero-order valence-corrected chi connectivity index (χ0v) is 15.3. The van der Waals surface area contributed by atoms with E-state index in [2.05, 4.69) is 43.6 Å². The summed E-state index contributed by atoms with van der Waals surface area (Å²) < 4.78 is 0. The van der Waals surface area contributed by atoms with E-state index in [-0.39, 0.29) is 0 Å². The predicted molar refractivity (Wildman–Crippen MR) is 91.0 cm³/mol. The van der Waals surface area contributed by atoms with Crippen LogP contribution in [-0.4, -0.2) is 4.83 Å². The Labute approximate surface area is 130 Å². The number of hydrogen-bond donors (Lipinski definition) is 0. The van der Waals surface area contributed by atoms with Crippen LogP contribution in [0.5, 0.6) is 0 Å². The maximum absolute atomic E-state index is 3.97. The van der Waals surface area contributed by atoms with Crippen LogP contribution in [0.1, 0.15) is 91.9 Å². The van der Waals surface area contributed by atoms with Crippen molar-refractivity contribution in [2.45, 2.75) is 96.7 Å². The molecule has 114 valence electrons. The SMILES string of the molecule is CCCCCCCCC(C)(C)C1CCC(C)CC1Br. The molecule has 0 nitrogen and oxygen atoms in total. The van der Waals surface area contributed by atoms with E-state index >= 15 is 0 Å². The molecule has 0 bridgehead atoms. The molecule has 19 heavy (non-hydrogen) atoms. The quantitative estimate of drug-likeness (QED) is 0.333. The van der Waals surface area contributed by atoms with E-state index in [4.69, 9.17) is 0 Å². The Morgan fingerprint density at radius 3 is 2.26 bits per heavy atom. The number of alkyl halides is 1. The van der Waals surface area contributed by atoms with Gasteiger partial charge in [0.1, 0.15) is 0 Å². The molecule has 1 fully saturated rings. The molecule has 0 aromatic rings. The third-order valence-electron chi connectivity index (χ3n) is 5.21. The van der Waals surface area contributed by atoms with Crippen molar-refractivity contribution in [3.63, 3.8) is 0 Å². The summed E-state index contributed by atoms with van der Waals surface area (Å²) >= 11 is 3.97. The maximum atomic E-state index is 3.97. The van der Waals surface area contributed by atoms with Crippen molar-refractivity contribution in [3.8, 4) is 0 Å². The summed E-state index contributed by atoms with van der Waals surface area (Å²) in [5.74, 6) is 1.81. The number of hydrogen-bond acceptors (Lipinski definition) is 0. The van der Waals surface area contributed by atoms with Crippen LogP contribution in [0.2, 0.25) is 0 Å². The number of unbranched alkanes of at least 4 members (excludes halogenated alkanes) is 5. The van der Waals surface area contributed by atoms with Crippen molar-refractivity contribution in [2.24, 2.45) is 17.3 Å². The Kier molecular flexibility index (Phi) is 8.03. The summed E-state index contributed by atoms with van der Waals surface area (Å²) in [6.07, 6.45) is 14.2. The smallest absolute Gasteiger partial charge is 0.0181 e. The second kappa shape index (κ2) is 8.70. The van der Waals surface area contributed by atoms with E-state index in [0.717, 1.165) is 16.7 Å². The lowest BCUT2D eigenvalue weighted by Crippen LogP contribution is -2.35. The molecule has 0 aliphatic heterocycles. The van der Waals surface area contributed by atoms with Crippen molar-refractivity contribution < 1.29 is 0 Å². The van der Waals surface area contributed by atoms with Crippen LogP contribution in [0.3, 0.4) is 0 Å². The largest absolute Gasteiger partial charge is 0.0887 e. The van der Waals surface area contributed by atoms with Gasteiger partial charge >= 0.3 is 0 Å². The number of rotatable bonds is 8. The van der Waals surface area contributed by atoms with Crippen LogP contribution in [0.15, 0.2) is 0 Å². The van der Waals surface area contributed by atoms with Crippen LogP contribution in [0, 0.1) is 17.3 Å². The van der Waals surface area contributed by atoms with E-state index in [1.54, 1.807) is 0 Å². The minimum absolute atomic E-state index is 0.527. The van der Waals surface area contributed by atoms with Crippen molar-refractivity contribution in [1.29, 1.82) is 0 Å². The first-order valence-electron chi connectivity index (χ1n) is 8.61. The highest BCUT2D eigenvalue weighted by Gasteiger charge is 2.37. The fourth-order valence-electron chi connectivity index (χ4n) is 3.74. The zero-order valence-electron chi connectivity index (χ0n) is 13.7. The summed E-state index contributed by atoms with van der Waals surface area (Å²) in [5, 5.41) is 0. The minimum atomic E-state index is 0.527. The lowest BCUT2D eigenvalue weighted by molar-refractivity contribution is 0.133. The van der Waals surface area contributed by atoms with Gasteiger partial charge in [0, 0.05) is 4.83 Å². The van der Waals surface area contributed by atoms with E-state index in [1.807, 2.05) is 0 Å². The molecule has 0 radical (unpaired) electrons. The average molecular weight is 331 g/mol. The molecule has 0 spiro atoms. The molecule has 1 rings (SSSR count). The molecule has 1 heteroatoms. The normalized spacial score (nSPS) is 28.6. The Balaban J connectivity index is 2.26. The first-order chi connectivity index (χ1) is 8.97. The Hall–Kier alpha value is 0.480. The molecule has 1 aliphatic carbocycles. The highest BCUT2D eigenvalue weighted by atomic mass is 79.9. The summed E-state index contributed by atoms with van der Waals surface area (Å²) in [7, 11) is 0. The molecule has 0 aromatic heterocycles. The third-order valence-corrected chi connectivity index (χ3v) is 6.23. The molecular formula is C18H35Br. The summed E-state index contributed by atoms with van der Waals surface area (Å²) in [4.78, 5) is 0.756. The average Bonchev–Trinajstić information content (AvgIpc) is 2.33. The molecule has 0 N–H and O–H groups in total. The molecule has 0 aromatic carbocycles. The van der Waals surface area contributed by atoms with Gasteiger partial charge in [0.15, 0.2) is 0 Å². The monoisotopic (exact) mass is 330 g/mol. The van der Waals surface area contributed by atoms with E-state index in [9.17, 15) is 0 Å². The summed E-state index contributed by atoms with van der Waals surface area (Å²) in [6.45, 7) is 9.72. The van der Waals surface area contributed by atoms with E-state index in [0.29, 0.717) is 5.41 Å². The first kappa shape index (κ1) is 17.5. The molecule has 1 saturated carbocycles. The lowest BCUT2D eigenvalue weighted by Gasteiger charge is -2.42. The van der Waals surface area contributed by atoms with Gasteiger partial charge in [-0.3, -0.25) is 0 Å². The van der Waals surface area contributed by atoms with Gasteiger partial charge < -0.3 is 0 Å². The zero-order chi connectivity index (χ0) is 14.3. The van der Waals surface area contributed by atoms with Gasteiger partial charge in [-0.1, -0.05) is 88.6 Å². The van der Waals surface area contributed by atoms with Gasteiger partial charge in [0.2, 0.25) is 0 Å². The van der Waals surface area contributed by atoms with Crippen molar-refractivity contribution in [1.82, 2.24) is 0 Å². The van der Waals surface area contributed by atoms with E-state index in [1.165, 1.54) is 64.2 Å². The Morgan fingerprint density at radius 2 is 1.63 bits per heavy atom. The summed E-state index contributed by atoms with van der Waals surface area (Å²) in [6, 6.07) is 0. The van der Waals surface area contributed by atoms with Crippen LogP contribution < -0.4 is 0 Å². The molecular weight excluding hydrogens is 296 g/mol. The fourth-order valence-corrected chi connectivity index (χ4v) is 5.36. The molecule has 0 saturated heterocycles. The van der Waals surface area contributed by atoms with Crippen LogP contribution in [0.4, 0.5) is 0 Å². The first-order valence-corrected chi connectivity index (χ1v) is 9.53. The van der Waals surface area contributed by atoms with Gasteiger partial charge in [0.25, 0.3) is 0 Å². The summed E-state index contributed by atoms with van der Waals surface area (Å²) in [5.41, 5.74) is 0.527. The van der Waals surface area contributed by atoms with Crippen molar-refractivity contribution >= 4 is 15.9 Å². The van der Waals surface area contributed by atoms with Gasteiger partial charge in [-0.2, -0.15) is 0 Å². The molecule has 1 aliphatic rings. The van der Waals surface area contributed by atoms with Crippen LogP contribution in [0.25, 0.3) is 0 Å². The topological polar surface area (TPSA) is 0 Å². The molecule has 0 heterocycles. The molecule has 0 amide bonds. The van der Waals surface area contributed by atoms with Gasteiger partial charge in [-0.05, 0) is 36.5 Å². The highest BCUT2D eigenvalue weighted by Crippen LogP contribution is 2.46. The Bertz CT molecular complexity index is 234. The molecule has 3 atom stereocenters.